The maximum Gasteiger partial charge on any atom is 0.00671 e. The predicted octanol–water partition coefficient (Wildman–Crippen LogP) is 2.28. The maximum atomic E-state index is 2.33. The molecule has 0 heterocycles. The zero-order valence-electron chi connectivity index (χ0n) is 4.93. The van der Waals surface area contributed by atoms with Gasteiger partial charge in [-0.2, -0.15) is 0 Å². The van der Waals surface area contributed by atoms with Crippen LogP contribution >= 0.6 is 0 Å². The second-order valence-corrected chi connectivity index (χ2v) is 2.80. The van der Waals surface area contributed by atoms with Crippen LogP contribution in [0.25, 0.3) is 0 Å². The van der Waals surface area contributed by atoms with Crippen molar-refractivity contribution in [1.29, 1.82) is 0 Å². The van der Waals surface area contributed by atoms with Gasteiger partial charge >= 0.3 is 0 Å². The molecule has 0 aromatic rings. The lowest BCUT2D eigenvalue weighted by atomic mass is 9.70. The summed E-state index contributed by atoms with van der Waals surface area (Å²) in [4.78, 5) is 0. The Morgan fingerprint density at radius 3 is 1.88 bits per heavy atom. The summed E-state index contributed by atoms with van der Waals surface area (Å²) in [6.45, 7) is 0. The second-order valence-electron chi connectivity index (χ2n) is 2.80. The number of hydrogen-bond acceptors (Lipinski definition) is 0. The summed E-state index contributed by atoms with van der Waals surface area (Å²) in [5.74, 6) is 0. The quantitative estimate of drug-likeness (QED) is 0.444. The standard InChI is InChI=1S/C8H10/c1-2-5-8(4-1)6-3-7-8/h1-2,4-5H,3,6-7H2. The SMILES string of the molecule is C1=CC2(C=C1)CCC2. The van der Waals surface area contributed by atoms with Gasteiger partial charge in [-0.25, -0.2) is 0 Å². The van der Waals surface area contributed by atoms with Gasteiger partial charge in [0.05, 0.1) is 0 Å². The Bertz CT molecular complexity index is 133. The van der Waals surface area contributed by atoms with Gasteiger partial charge in [-0.3, -0.25) is 0 Å². The molecule has 8 heavy (non-hydrogen) atoms. The average molecular weight is 106 g/mol. The first kappa shape index (κ1) is 4.37. The molecule has 0 aliphatic heterocycles. The number of hydrogen-bond donors (Lipinski definition) is 0. The van der Waals surface area contributed by atoms with E-state index in [0.29, 0.717) is 5.41 Å². The van der Waals surface area contributed by atoms with E-state index in [1.165, 1.54) is 19.3 Å². The van der Waals surface area contributed by atoms with Crippen LogP contribution in [0.3, 0.4) is 0 Å². The van der Waals surface area contributed by atoms with E-state index in [4.69, 9.17) is 0 Å². The molecule has 2 aliphatic carbocycles. The van der Waals surface area contributed by atoms with Gasteiger partial charge in [-0.1, -0.05) is 30.7 Å². The van der Waals surface area contributed by atoms with Crippen LogP contribution in [0.4, 0.5) is 0 Å². The highest BCUT2D eigenvalue weighted by atomic mass is 14.4. The Hall–Kier alpha value is -0.520. The highest BCUT2D eigenvalue weighted by Crippen LogP contribution is 2.45. The summed E-state index contributed by atoms with van der Waals surface area (Å²) < 4.78 is 0. The van der Waals surface area contributed by atoms with Crippen LogP contribution in [-0.4, -0.2) is 0 Å². The van der Waals surface area contributed by atoms with Gasteiger partial charge in [0, 0.05) is 5.41 Å². The van der Waals surface area contributed by atoms with Gasteiger partial charge in [0.25, 0.3) is 0 Å². The van der Waals surface area contributed by atoms with Crippen molar-refractivity contribution < 1.29 is 0 Å². The van der Waals surface area contributed by atoms with Gasteiger partial charge in [0.1, 0.15) is 0 Å². The summed E-state index contributed by atoms with van der Waals surface area (Å²) in [6, 6.07) is 0. The van der Waals surface area contributed by atoms with E-state index in [0.717, 1.165) is 0 Å². The third-order valence-corrected chi connectivity index (χ3v) is 2.25. The summed E-state index contributed by atoms with van der Waals surface area (Å²) in [5, 5.41) is 0. The molecule has 0 N–H and O–H groups in total. The highest BCUT2D eigenvalue weighted by Gasteiger charge is 2.32. The minimum atomic E-state index is 0.556. The molecular formula is C8H10. The minimum absolute atomic E-state index is 0.556. The Kier molecular flexibility index (Phi) is 0.682. The van der Waals surface area contributed by atoms with Gasteiger partial charge in [-0.05, 0) is 12.8 Å². The van der Waals surface area contributed by atoms with Crippen molar-refractivity contribution >= 4 is 0 Å². The summed E-state index contributed by atoms with van der Waals surface area (Å²) >= 11 is 0. The molecule has 0 heteroatoms. The molecule has 0 amide bonds. The van der Waals surface area contributed by atoms with Crippen LogP contribution < -0.4 is 0 Å². The van der Waals surface area contributed by atoms with Crippen molar-refractivity contribution in [3.05, 3.63) is 24.3 Å². The van der Waals surface area contributed by atoms with Gasteiger partial charge in [0.15, 0.2) is 0 Å². The van der Waals surface area contributed by atoms with Crippen LogP contribution in [0.1, 0.15) is 19.3 Å². The van der Waals surface area contributed by atoms with Crippen LogP contribution in [0.2, 0.25) is 0 Å². The lowest BCUT2D eigenvalue weighted by Crippen LogP contribution is -2.22. The van der Waals surface area contributed by atoms with E-state index in [-0.39, 0.29) is 0 Å². The summed E-state index contributed by atoms with van der Waals surface area (Å²) in [5.41, 5.74) is 0.556. The molecule has 0 aromatic carbocycles. The Morgan fingerprint density at radius 2 is 1.62 bits per heavy atom. The molecule has 2 rings (SSSR count). The monoisotopic (exact) mass is 106 g/mol. The van der Waals surface area contributed by atoms with Crippen LogP contribution in [-0.2, 0) is 0 Å². The first-order valence-electron chi connectivity index (χ1n) is 3.28. The zero-order valence-corrected chi connectivity index (χ0v) is 4.93. The first-order valence-corrected chi connectivity index (χ1v) is 3.28. The highest BCUT2D eigenvalue weighted by molar-refractivity contribution is 5.27. The fraction of sp³-hybridized carbons (Fsp3) is 0.500. The van der Waals surface area contributed by atoms with Gasteiger partial charge in [0.2, 0.25) is 0 Å². The fourth-order valence-corrected chi connectivity index (χ4v) is 1.47. The van der Waals surface area contributed by atoms with E-state index in [9.17, 15) is 0 Å². The van der Waals surface area contributed by atoms with E-state index < -0.39 is 0 Å². The molecule has 1 saturated carbocycles. The molecule has 42 valence electrons. The topological polar surface area (TPSA) is 0 Å². The molecule has 0 atom stereocenters. The maximum absolute atomic E-state index is 2.33. The van der Waals surface area contributed by atoms with E-state index in [2.05, 4.69) is 24.3 Å². The predicted molar refractivity (Wildman–Crippen MR) is 34.6 cm³/mol. The van der Waals surface area contributed by atoms with Crippen molar-refractivity contribution in [1.82, 2.24) is 0 Å². The van der Waals surface area contributed by atoms with E-state index in [1.807, 2.05) is 0 Å². The number of allylic oxidation sites excluding steroid dienone is 4. The average Bonchev–Trinajstić information content (AvgIpc) is 2.07. The molecule has 0 radical (unpaired) electrons. The Morgan fingerprint density at radius 1 is 1.00 bits per heavy atom. The molecule has 2 aliphatic rings. The van der Waals surface area contributed by atoms with E-state index >= 15 is 0 Å². The van der Waals surface area contributed by atoms with Gasteiger partial charge in [-0.15, -0.1) is 0 Å². The van der Waals surface area contributed by atoms with Crippen LogP contribution in [0.15, 0.2) is 24.3 Å². The third-order valence-electron chi connectivity index (χ3n) is 2.25. The molecule has 0 aromatic heterocycles. The Balaban J connectivity index is 2.25. The third kappa shape index (κ3) is 0.405. The molecule has 0 nitrogen and oxygen atoms in total. The molecule has 1 fully saturated rings. The lowest BCUT2D eigenvalue weighted by molar-refractivity contribution is 0.281. The van der Waals surface area contributed by atoms with Crippen LogP contribution in [0, 0.1) is 5.41 Å². The Labute approximate surface area is 49.9 Å². The molecule has 0 unspecified atom stereocenters. The van der Waals surface area contributed by atoms with Crippen LogP contribution in [0.5, 0.6) is 0 Å². The molecule has 0 bridgehead atoms. The van der Waals surface area contributed by atoms with Crippen molar-refractivity contribution in [3.63, 3.8) is 0 Å². The van der Waals surface area contributed by atoms with Crippen molar-refractivity contribution in [2.75, 3.05) is 0 Å². The number of rotatable bonds is 0. The zero-order chi connectivity index (χ0) is 5.45. The minimum Gasteiger partial charge on any atom is -0.0745 e. The van der Waals surface area contributed by atoms with Crippen molar-refractivity contribution in [3.8, 4) is 0 Å². The summed E-state index contributed by atoms with van der Waals surface area (Å²) in [6.07, 6.45) is 13.2. The smallest absolute Gasteiger partial charge is 0.00671 e. The first-order chi connectivity index (χ1) is 3.91. The second kappa shape index (κ2) is 1.25. The fourth-order valence-electron chi connectivity index (χ4n) is 1.47. The summed E-state index contributed by atoms with van der Waals surface area (Å²) in [7, 11) is 0. The lowest BCUT2D eigenvalue weighted by Gasteiger charge is -2.34. The van der Waals surface area contributed by atoms with Crippen molar-refractivity contribution in [2.24, 2.45) is 5.41 Å². The van der Waals surface area contributed by atoms with Gasteiger partial charge < -0.3 is 0 Å². The normalized spacial score (nSPS) is 29.0. The largest absolute Gasteiger partial charge is 0.0745 e. The molecule has 0 saturated heterocycles. The van der Waals surface area contributed by atoms with E-state index in [1.54, 1.807) is 0 Å². The molecule has 1 spiro atoms. The molecular weight excluding hydrogens is 96.1 g/mol. The van der Waals surface area contributed by atoms with Crippen molar-refractivity contribution in [2.45, 2.75) is 19.3 Å².